The van der Waals surface area contributed by atoms with Crippen LogP contribution in [0.2, 0.25) is 10.0 Å². The van der Waals surface area contributed by atoms with Gasteiger partial charge in [-0.15, -0.1) is 0 Å². The van der Waals surface area contributed by atoms with E-state index in [4.69, 9.17) is 27.6 Å². The zero-order valence-electron chi connectivity index (χ0n) is 16.9. The fourth-order valence-electron chi connectivity index (χ4n) is 2.84. The minimum atomic E-state index is -3.60. The molecule has 0 saturated carbocycles. The lowest BCUT2D eigenvalue weighted by Crippen LogP contribution is -2.27. The van der Waals surface area contributed by atoms with Gasteiger partial charge in [0.25, 0.3) is 0 Å². The summed E-state index contributed by atoms with van der Waals surface area (Å²) in [5, 5.41) is 3.71. The molecule has 0 unspecified atom stereocenters. The summed E-state index contributed by atoms with van der Waals surface area (Å²) in [6, 6.07) is 11.6. The number of nitrogens with zero attached hydrogens (tertiary/aromatic N) is 2. The number of sulfonamides is 1. The van der Waals surface area contributed by atoms with Crippen LogP contribution >= 0.6 is 23.2 Å². The maximum absolute atomic E-state index is 12.4. The Kier molecular flexibility index (Phi) is 7.38. The van der Waals surface area contributed by atoms with Crippen molar-refractivity contribution in [2.45, 2.75) is 24.3 Å². The third kappa shape index (κ3) is 5.65. The van der Waals surface area contributed by atoms with E-state index in [0.29, 0.717) is 32.8 Å². The molecule has 0 aliphatic rings. The highest BCUT2D eigenvalue weighted by atomic mass is 35.5. The summed E-state index contributed by atoms with van der Waals surface area (Å²) in [6.45, 7) is 0.0965. The Morgan fingerprint density at radius 1 is 1.16 bits per heavy atom. The fourth-order valence-corrected chi connectivity index (χ4v) is 4.46. The molecule has 0 radical (unpaired) electrons. The van der Waals surface area contributed by atoms with Gasteiger partial charge >= 0.3 is 0 Å². The van der Waals surface area contributed by atoms with Crippen molar-refractivity contribution in [3.05, 3.63) is 70.2 Å². The molecule has 10 heteroatoms. The molecule has 0 fully saturated rings. The number of halogens is 2. The standard InChI is InChI=1S/C21H21Cl2N3O4S/c1-26(2)31(28,29)19-6-4-3-5-14(19)12-24-20(27)9-10-21-25-13-18(30-21)16-8-7-15(22)11-17(16)23/h3-8,11,13H,9-10,12H2,1-2H3,(H,24,27). The van der Waals surface area contributed by atoms with Crippen molar-refractivity contribution in [2.75, 3.05) is 14.1 Å². The summed E-state index contributed by atoms with van der Waals surface area (Å²) >= 11 is 12.1. The lowest BCUT2D eigenvalue weighted by atomic mass is 10.2. The van der Waals surface area contributed by atoms with Crippen LogP contribution in [0.15, 0.2) is 58.0 Å². The van der Waals surface area contributed by atoms with E-state index < -0.39 is 10.0 Å². The van der Waals surface area contributed by atoms with E-state index in [2.05, 4.69) is 10.3 Å². The molecule has 0 saturated heterocycles. The molecule has 0 bridgehead atoms. The molecule has 3 rings (SSSR count). The number of hydrogen-bond donors (Lipinski definition) is 1. The number of rotatable bonds is 8. The first kappa shape index (κ1) is 23.3. The highest BCUT2D eigenvalue weighted by molar-refractivity contribution is 7.89. The van der Waals surface area contributed by atoms with Crippen molar-refractivity contribution in [3.63, 3.8) is 0 Å². The SMILES string of the molecule is CN(C)S(=O)(=O)c1ccccc1CNC(=O)CCc1ncc(-c2ccc(Cl)cc2Cl)o1. The molecular formula is C21H21Cl2N3O4S. The molecule has 7 nitrogen and oxygen atoms in total. The van der Waals surface area contributed by atoms with Gasteiger partial charge < -0.3 is 9.73 Å². The van der Waals surface area contributed by atoms with E-state index in [1.54, 1.807) is 42.6 Å². The number of benzene rings is 2. The van der Waals surface area contributed by atoms with Gasteiger partial charge in [-0.1, -0.05) is 41.4 Å². The number of carbonyl (C=O) groups is 1. The van der Waals surface area contributed by atoms with Crippen LogP contribution in [0.1, 0.15) is 17.9 Å². The number of nitrogens with one attached hydrogen (secondary N) is 1. The summed E-state index contributed by atoms with van der Waals surface area (Å²) in [4.78, 5) is 16.6. The van der Waals surface area contributed by atoms with Gasteiger partial charge in [0.05, 0.1) is 16.1 Å². The molecule has 1 heterocycles. The van der Waals surface area contributed by atoms with Crippen LogP contribution in [-0.2, 0) is 27.8 Å². The fraction of sp³-hybridized carbons (Fsp3) is 0.238. The van der Waals surface area contributed by atoms with Gasteiger partial charge in [-0.2, -0.15) is 0 Å². The maximum Gasteiger partial charge on any atom is 0.242 e. The molecule has 0 atom stereocenters. The highest BCUT2D eigenvalue weighted by Crippen LogP contribution is 2.30. The average Bonchev–Trinajstić information content (AvgIpc) is 3.19. The minimum Gasteiger partial charge on any atom is -0.441 e. The second-order valence-corrected chi connectivity index (χ2v) is 9.88. The van der Waals surface area contributed by atoms with Crippen LogP contribution in [0, 0.1) is 0 Å². The van der Waals surface area contributed by atoms with Crippen molar-refractivity contribution in [1.82, 2.24) is 14.6 Å². The quantitative estimate of drug-likeness (QED) is 0.521. The van der Waals surface area contributed by atoms with Gasteiger partial charge in [0.2, 0.25) is 15.9 Å². The smallest absolute Gasteiger partial charge is 0.242 e. The van der Waals surface area contributed by atoms with Gasteiger partial charge in [0.15, 0.2) is 11.7 Å². The molecule has 1 aromatic heterocycles. The van der Waals surface area contributed by atoms with Crippen LogP contribution in [-0.4, -0.2) is 37.7 Å². The van der Waals surface area contributed by atoms with Crippen molar-refractivity contribution < 1.29 is 17.6 Å². The first-order chi connectivity index (χ1) is 14.7. The van der Waals surface area contributed by atoms with Crippen LogP contribution in [0.3, 0.4) is 0 Å². The zero-order chi connectivity index (χ0) is 22.6. The number of carbonyl (C=O) groups excluding carboxylic acids is 1. The Balaban J connectivity index is 1.59. The van der Waals surface area contributed by atoms with Gasteiger partial charge in [0.1, 0.15) is 0 Å². The molecule has 164 valence electrons. The second-order valence-electron chi connectivity index (χ2n) is 6.91. The van der Waals surface area contributed by atoms with Crippen molar-refractivity contribution in [1.29, 1.82) is 0 Å². The molecule has 2 aromatic carbocycles. The van der Waals surface area contributed by atoms with E-state index in [0.717, 1.165) is 4.31 Å². The molecule has 3 aromatic rings. The summed E-state index contributed by atoms with van der Waals surface area (Å²) < 4.78 is 31.7. The zero-order valence-corrected chi connectivity index (χ0v) is 19.3. The minimum absolute atomic E-state index is 0.0965. The van der Waals surface area contributed by atoms with E-state index in [1.165, 1.54) is 20.2 Å². The van der Waals surface area contributed by atoms with E-state index in [9.17, 15) is 13.2 Å². The lowest BCUT2D eigenvalue weighted by molar-refractivity contribution is -0.121. The normalized spacial score (nSPS) is 11.6. The summed E-state index contributed by atoms with van der Waals surface area (Å²) in [6.07, 6.45) is 1.97. The van der Waals surface area contributed by atoms with E-state index >= 15 is 0 Å². The largest absolute Gasteiger partial charge is 0.441 e. The topological polar surface area (TPSA) is 92.5 Å². The molecular weight excluding hydrogens is 461 g/mol. The van der Waals surface area contributed by atoms with E-state index in [-0.39, 0.29) is 30.2 Å². The first-order valence-corrected chi connectivity index (χ1v) is 11.6. The molecule has 1 amide bonds. The maximum atomic E-state index is 12.4. The predicted molar refractivity (Wildman–Crippen MR) is 119 cm³/mol. The van der Waals surface area contributed by atoms with Crippen LogP contribution < -0.4 is 5.32 Å². The Labute approximate surface area is 191 Å². The van der Waals surface area contributed by atoms with Crippen LogP contribution in [0.5, 0.6) is 0 Å². The van der Waals surface area contributed by atoms with Gasteiger partial charge in [-0.3, -0.25) is 4.79 Å². The third-order valence-corrected chi connectivity index (χ3v) is 6.99. The summed E-state index contributed by atoms with van der Waals surface area (Å²) in [5.41, 5.74) is 1.17. The van der Waals surface area contributed by atoms with Gasteiger partial charge in [0, 0.05) is 44.1 Å². The highest BCUT2D eigenvalue weighted by Gasteiger charge is 2.21. The second kappa shape index (κ2) is 9.82. The van der Waals surface area contributed by atoms with Crippen molar-refractivity contribution >= 4 is 39.1 Å². The van der Waals surface area contributed by atoms with Crippen molar-refractivity contribution in [2.24, 2.45) is 0 Å². The van der Waals surface area contributed by atoms with Gasteiger partial charge in [-0.25, -0.2) is 17.7 Å². The van der Waals surface area contributed by atoms with E-state index in [1.807, 2.05) is 0 Å². The molecule has 0 aliphatic carbocycles. The molecule has 1 N–H and O–H groups in total. The van der Waals surface area contributed by atoms with Crippen LogP contribution in [0.4, 0.5) is 0 Å². The lowest BCUT2D eigenvalue weighted by Gasteiger charge is -2.15. The Hall–Kier alpha value is -2.39. The summed E-state index contributed by atoms with van der Waals surface area (Å²) in [7, 11) is -0.673. The Morgan fingerprint density at radius 3 is 2.61 bits per heavy atom. The van der Waals surface area contributed by atoms with Crippen LogP contribution in [0.25, 0.3) is 11.3 Å². The monoisotopic (exact) mass is 481 g/mol. The number of oxazole rings is 1. The molecule has 0 aliphatic heterocycles. The third-order valence-electron chi connectivity index (χ3n) is 4.52. The number of aryl methyl sites for hydroxylation is 1. The number of hydrogen-bond acceptors (Lipinski definition) is 5. The molecule has 0 spiro atoms. The number of aromatic nitrogens is 1. The molecule has 31 heavy (non-hydrogen) atoms. The predicted octanol–water partition coefficient (Wildman–Crippen LogP) is 4.15. The van der Waals surface area contributed by atoms with Crippen molar-refractivity contribution in [3.8, 4) is 11.3 Å². The Bertz CT molecular complexity index is 1190. The Morgan fingerprint density at radius 2 is 1.90 bits per heavy atom. The first-order valence-electron chi connectivity index (χ1n) is 9.35. The average molecular weight is 482 g/mol. The van der Waals surface area contributed by atoms with Gasteiger partial charge in [-0.05, 0) is 29.8 Å². The summed E-state index contributed by atoms with van der Waals surface area (Å²) in [5.74, 6) is 0.632. The number of amides is 1.